The summed E-state index contributed by atoms with van der Waals surface area (Å²) in [5.41, 5.74) is 1.40. The summed E-state index contributed by atoms with van der Waals surface area (Å²) in [6.45, 7) is 2.16. The van der Waals surface area contributed by atoms with Crippen molar-refractivity contribution in [2.75, 3.05) is 0 Å². The molecule has 1 heterocycles. The van der Waals surface area contributed by atoms with Crippen LogP contribution in [-0.4, -0.2) is 2.78 Å². The van der Waals surface area contributed by atoms with Crippen molar-refractivity contribution in [2.24, 2.45) is 0 Å². The Labute approximate surface area is 63.2 Å². The van der Waals surface area contributed by atoms with Gasteiger partial charge in [0.15, 0.2) is 0 Å². The quantitative estimate of drug-likeness (QED) is 0.641. The highest BCUT2D eigenvalue weighted by atomic mass is 127. The van der Waals surface area contributed by atoms with Crippen LogP contribution in [0.5, 0.6) is 0 Å². The molecule has 0 fully saturated rings. The number of nitrogens with zero attached hydrogens (tertiary/aromatic N) is 1. The minimum absolute atomic E-state index is 1.13. The number of hydrogen-bond acceptors (Lipinski definition) is 0. The molecule has 44 valence electrons. The van der Waals surface area contributed by atoms with Gasteiger partial charge in [-0.25, -0.2) is 0 Å². The van der Waals surface area contributed by atoms with Crippen LogP contribution in [0.3, 0.4) is 0 Å². The van der Waals surface area contributed by atoms with E-state index in [-0.39, 0.29) is 0 Å². The summed E-state index contributed by atoms with van der Waals surface area (Å²) >= 11 is 2.24. The Morgan fingerprint density at radius 2 is 2.50 bits per heavy atom. The lowest BCUT2D eigenvalue weighted by Crippen LogP contribution is -1.70. The second kappa shape index (κ2) is 2.53. The van der Waals surface area contributed by atoms with Crippen LogP contribution in [0.25, 0.3) is 0 Å². The normalized spacial score (nSPS) is 9.75. The third-order valence-corrected chi connectivity index (χ3v) is 1.73. The lowest BCUT2D eigenvalue weighted by Gasteiger charge is -1.82. The van der Waals surface area contributed by atoms with Crippen molar-refractivity contribution in [1.82, 2.24) is 2.78 Å². The van der Waals surface area contributed by atoms with E-state index in [0.29, 0.717) is 0 Å². The molecule has 0 amide bonds. The van der Waals surface area contributed by atoms with Gasteiger partial charge in [0.2, 0.25) is 0 Å². The van der Waals surface area contributed by atoms with Gasteiger partial charge in [-0.3, -0.25) is 2.78 Å². The third-order valence-electron chi connectivity index (χ3n) is 1.13. The van der Waals surface area contributed by atoms with Crippen molar-refractivity contribution in [3.63, 3.8) is 0 Å². The molecule has 0 spiro atoms. The fourth-order valence-corrected chi connectivity index (χ4v) is 1.14. The maximum Gasteiger partial charge on any atom is 0.0634 e. The van der Waals surface area contributed by atoms with Crippen LogP contribution in [0.1, 0.15) is 12.5 Å². The molecule has 0 saturated heterocycles. The van der Waals surface area contributed by atoms with Gasteiger partial charge >= 0.3 is 0 Å². The average molecular weight is 221 g/mol. The zero-order chi connectivity index (χ0) is 5.98. The molecule has 1 aromatic rings. The molecule has 1 nitrogen and oxygen atoms in total. The summed E-state index contributed by atoms with van der Waals surface area (Å²) in [6.07, 6.45) is 5.32. The maximum absolute atomic E-state index is 2.24. The maximum atomic E-state index is 2.24. The molecular weight excluding hydrogens is 213 g/mol. The average Bonchev–Trinajstić information content (AvgIpc) is 2.14. The molecule has 1 aromatic heterocycles. The SMILES string of the molecule is CCc1ccn(I)c1. The monoisotopic (exact) mass is 221 g/mol. The van der Waals surface area contributed by atoms with Crippen molar-refractivity contribution >= 4 is 22.9 Å². The van der Waals surface area contributed by atoms with Crippen molar-refractivity contribution in [2.45, 2.75) is 13.3 Å². The van der Waals surface area contributed by atoms with Crippen molar-refractivity contribution in [3.8, 4) is 0 Å². The van der Waals surface area contributed by atoms with E-state index < -0.39 is 0 Å². The van der Waals surface area contributed by atoms with Crippen molar-refractivity contribution in [1.29, 1.82) is 0 Å². The summed E-state index contributed by atoms with van der Waals surface area (Å²) in [6, 6.07) is 2.13. The highest BCUT2D eigenvalue weighted by Gasteiger charge is 1.87. The molecule has 0 aromatic carbocycles. The van der Waals surface area contributed by atoms with Crippen LogP contribution in [0, 0.1) is 0 Å². The predicted octanol–water partition coefficient (Wildman–Crippen LogP) is 2.25. The summed E-state index contributed by atoms with van der Waals surface area (Å²) in [4.78, 5) is 0. The van der Waals surface area contributed by atoms with E-state index in [2.05, 4.69) is 48.2 Å². The standard InChI is InChI=1S/C6H8IN/c1-2-6-3-4-8(7)5-6/h3-5H,2H2,1H3. The van der Waals surface area contributed by atoms with Gasteiger partial charge in [-0.05, 0) is 18.1 Å². The number of hydrogen-bond donors (Lipinski definition) is 0. The van der Waals surface area contributed by atoms with Gasteiger partial charge < -0.3 is 0 Å². The minimum atomic E-state index is 1.13. The van der Waals surface area contributed by atoms with Crippen LogP contribution in [0.15, 0.2) is 18.5 Å². The summed E-state index contributed by atoms with van der Waals surface area (Å²) < 4.78 is 2.04. The van der Waals surface area contributed by atoms with Gasteiger partial charge in [0.25, 0.3) is 0 Å². The fraction of sp³-hybridized carbons (Fsp3) is 0.333. The zero-order valence-corrected chi connectivity index (χ0v) is 6.92. The number of halogens is 1. The highest BCUT2D eigenvalue weighted by molar-refractivity contribution is 14.1. The summed E-state index contributed by atoms with van der Waals surface area (Å²) in [7, 11) is 0. The fourth-order valence-electron chi connectivity index (χ4n) is 0.621. The second-order valence-corrected chi connectivity index (χ2v) is 2.83. The van der Waals surface area contributed by atoms with Gasteiger partial charge in [0.05, 0.1) is 22.9 Å². The molecule has 0 aliphatic rings. The molecule has 0 unspecified atom stereocenters. The van der Waals surface area contributed by atoms with Crippen molar-refractivity contribution in [3.05, 3.63) is 24.0 Å². The van der Waals surface area contributed by atoms with Gasteiger partial charge in [0.1, 0.15) is 0 Å². The van der Waals surface area contributed by atoms with E-state index in [9.17, 15) is 0 Å². The molecule has 8 heavy (non-hydrogen) atoms. The van der Waals surface area contributed by atoms with Crippen LogP contribution >= 0.6 is 22.9 Å². The Balaban J connectivity index is 2.84. The molecule has 0 aliphatic carbocycles. The first-order valence-corrected chi connectivity index (χ1v) is 3.62. The van der Waals surface area contributed by atoms with Crippen LogP contribution < -0.4 is 0 Å². The Kier molecular flexibility index (Phi) is 1.94. The molecule has 0 saturated carbocycles. The highest BCUT2D eigenvalue weighted by Crippen LogP contribution is 2.03. The molecule has 0 aliphatic heterocycles. The van der Waals surface area contributed by atoms with E-state index in [4.69, 9.17) is 0 Å². The van der Waals surface area contributed by atoms with Gasteiger partial charge in [-0.15, -0.1) is 0 Å². The minimum Gasteiger partial charge on any atom is -0.297 e. The molecule has 0 N–H and O–H groups in total. The first kappa shape index (κ1) is 6.13. The molecule has 1 rings (SSSR count). The lowest BCUT2D eigenvalue weighted by atomic mass is 10.3. The van der Waals surface area contributed by atoms with Gasteiger partial charge in [-0.1, -0.05) is 6.92 Å². The number of aryl methyl sites for hydroxylation is 1. The molecule has 0 radical (unpaired) electrons. The van der Waals surface area contributed by atoms with Crippen LogP contribution in [-0.2, 0) is 6.42 Å². The van der Waals surface area contributed by atoms with Crippen LogP contribution in [0.4, 0.5) is 0 Å². The first-order chi connectivity index (χ1) is 3.83. The second-order valence-electron chi connectivity index (χ2n) is 1.72. The molecule has 0 atom stereocenters. The number of aromatic nitrogens is 1. The van der Waals surface area contributed by atoms with Gasteiger partial charge in [-0.2, -0.15) is 0 Å². The molecule has 0 bridgehead atoms. The third kappa shape index (κ3) is 1.24. The summed E-state index contributed by atoms with van der Waals surface area (Å²) in [5.74, 6) is 0. The van der Waals surface area contributed by atoms with Gasteiger partial charge in [0, 0.05) is 12.4 Å². The molecular formula is C6H8IN. The lowest BCUT2D eigenvalue weighted by molar-refractivity contribution is 1.14. The largest absolute Gasteiger partial charge is 0.297 e. The van der Waals surface area contributed by atoms with Crippen LogP contribution in [0.2, 0.25) is 0 Å². The first-order valence-electron chi connectivity index (χ1n) is 2.66. The zero-order valence-electron chi connectivity index (χ0n) is 4.76. The van der Waals surface area contributed by atoms with E-state index >= 15 is 0 Å². The summed E-state index contributed by atoms with van der Waals surface area (Å²) in [5, 5.41) is 0. The number of rotatable bonds is 1. The van der Waals surface area contributed by atoms with E-state index in [1.165, 1.54) is 5.56 Å². The molecule has 2 heteroatoms. The van der Waals surface area contributed by atoms with Crippen molar-refractivity contribution < 1.29 is 0 Å². The Hall–Kier alpha value is 0.01000. The Bertz CT molecular complexity index is 169. The predicted molar refractivity (Wildman–Crippen MR) is 43.2 cm³/mol. The van der Waals surface area contributed by atoms with E-state index in [1.807, 2.05) is 2.78 Å². The van der Waals surface area contributed by atoms with E-state index in [0.717, 1.165) is 6.42 Å². The Morgan fingerprint density at radius 3 is 2.75 bits per heavy atom. The van der Waals surface area contributed by atoms with E-state index in [1.54, 1.807) is 0 Å². The topological polar surface area (TPSA) is 4.93 Å². The smallest absolute Gasteiger partial charge is 0.0634 e. The Morgan fingerprint density at radius 1 is 1.75 bits per heavy atom.